The molecule has 1 aromatic rings. The van der Waals surface area contributed by atoms with Crippen LogP contribution < -0.4 is 10.2 Å². The van der Waals surface area contributed by atoms with Gasteiger partial charge in [-0.15, -0.1) is 0 Å². The van der Waals surface area contributed by atoms with Crippen LogP contribution in [0, 0.1) is 0 Å². The van der Waals surface area contributed by atoms with E-state index in [0.717, 1.165) is 31.7 Å². The molecular formula is C14H22N4O. The SMILES string of the molecule is CCCCC(=O)NCc1nccc(N2CCCC2)n1. The zero-order valence-electron chi connectivity index (χ0n) is 11.6. The molecule has 0 atom stereocenters. The molecule has 19 heavy (non-hydrogen) atoms. The fourth-order valence-electron chi connectivity index (χ4n) is 2.20. The quantitative estimate of drug-likeness (QED) is 0.850. The van der Waals surface area contributed by atoms with Gasteiger partial charge in [0.1, 0.15) is 11.6 Å². The summed E-state index contributed by atoms with van der Waals surface area (Å²) in [5.41, 5.74) is 0. The van der Waals surface area contributed by atoms with E-state index in [0.29, 0.717) is 18.8 Å². The van der Waals surface area contributed by atoms with Gasteiger partial charge >= 0.3 is 0 Å². The molecule has 0 unspecified atom stereocenters. The standard InChI is InChI=1S/C14H22N4O/c1-2-3-6-14(19)16-11-12-15-8-7-13(17-12)18-9-4-5-10-18/h7-8H,2-6,9-11H2,1H3,(H,16,19). The molecule has 0 aromatic carbocycles. The number of aromatic nitrogens is 2. The second-order valence-corrected chi connectivity index (χ2v) is 4.91. The molecule has 1 N–H and O–H groups in total. The van der Waals surface area contributed by atoms with Crippen molar-refractivity contribution in [1.82, 2.24) is 15.3 Å². The lowest BCUT2D eigenvalue weighted by atomic mass is 10.2. The van der Waals surface area contributed by atoms with Crippen molar-refractivity contribution in [2.24, 2.45) is 0 Å². The minimum Gasteiger partial charge on any atom is -0.357 e. The van der Waals surface area contributed by atoms with Crippen molar-refractivity contribution in [3.8, 4) is 0 Å². The fourth-order valence-corrected chi connectivity index (χ4v) is 2.20. The van der Waals surface area contributed by atoms with Crippen LogP contribution in [0.4, 0.5) is 5.82 Å². The van der Waals surface area contributed by atoms with Crippen LogP contribution in [0.1, 0.15) is 44.9 Å². The van der Waals surface area contributed by atoms with Crippen LogP contribution in [-0.4, -0.2) is 29.0 Å². The van der Waals surface area contributed by atoms with Crippen molar-refractivity contribution in [3.63, 3.8) is 0 Å². The molecule has 2 rings (SSSR count). The Morgan fingerprint density at radius 1 is 1.42 bits per heavy atom. The molecule has 1 aromatic heterocycles. The van der Waals surface area contributed by atoms with Crippen LogP contribution in [0.5, 0.6) is 0 Å². The number of anilines is 1. The fraction of sp³-hybridized carbons (Fsp3) is 0.643. The van der Waals surface area contributed by atoms with Crippen LogP contribution in [0.2, 0.25) is 0 Å². The predicted molar refractivity (Wildman–Crippen MR) is 74.9 cm³/mol. The predicted octanol–water partition coefficient (Wildman–Crippen LogP) is 1.88. The lowest BCUT2D eigenvalue weighted by Crippen LogP contribution is -2.25. The van der Waals surface area contributed by atoms with Crippen LogP contribution in [0.3, 0.4) is 0 Å². The Balaban J connectivity index is 1.86. The zero-order valence-corrected chi connectivity index (χ0v) is 11.6. The molecule has 0 bridgehead atoms. The highest BCUT2D eigenvalue weighted by Gasteiger charge is 2.14. The van der Waals surface area contributed by atoms with Crippen molar-refractivity contribution in [2.75, 3.05) is 18.0 Å². The number of carbonyl (C=O) groups excluding carboxylic acids is 1. The monoisotopic (exact) mass is 262 g/mol. The van der Waals surface area contributed by atoms with Gasteiger partial charge in [-0.3, -0.25) is 4.79 Å². The first-order chi connectivity index (χ1) is 9.29. The van der Waals surface area contributed by atoms with Gasteiger partial charge in [0.2, 0.25) is 5.91 Å². The number of nitrogens with zero attached hydrogens (tertiary/aromatic N) is 3. The Morgan fingerprint density at radius 2 is 2.21 bits per heavy atom. The van der Waals surface area contributed by atoms with Crippen LogP contribution >= 0.6 is 0 Å². The van der Waals surface area contributed by atoms with E-state index in [1.165, 1.54) is 12.8 Å². The summed E-state index contributed by atoms with van der Waals surface area (Å²) in [6, 6.07) is 1.94. The second-order valence-electron chi connectivity index (χ2n) is 4.91. The van der Waals surface area contributed by atoms with E-state index in [9.17, 15) is 4.79 Å². The van der Waals surface area contributed by atoms with Crippen molar-refractivity contribution in [1.29, 1.82) is 0 Å². The summed E-state index contributed by atoms with van der Waals surface area (Å²) in [5, 5.41) is 2.87. The molecule has 5 heteroatoms. The van der Waals surface area contributed by atoms with Gasteiger partial charge in [-0.1, -0.05) is 13.3 Å². The summed E-state index contributed by atoms with van der Waals surface area (Å²) in [6.07, 6.45) is 6.78. The van der Waals surface area contributed by atoms with E-state index >= 15 is 0 Å². The molecular weight excluding hydrogens is 240 g/mol. The third-order valence-corrected chi connectivity index (χ3v) is 3.32. The summed E-state index contributed by atoms with van der Waals surface area (Å²) >= 11 is 0. The normalized spacial score (nSPS) is 14.7. The Morgan fingerprint density at radius 3 is 2.95 bits per heavy atom. The first kappa shape index (κ1) is 13.8. The topological polar surface area (TPSA) is 58.1 Å². The molecule has 1 aliphatic heterocycles. The lowest BCUT2D eigenvalue weighted by molar-refractivity contribution is -0.121. The van der Waals surface area contributed by atoms with Gasteiger partial charge in [0.25, 0.3) is 0 Å². The van der Waals surface area contributed by atoms with Crippen molar-refractivity contribution >= 4 is 11.7 Å². The molecule has 1 amide bonds. The third kappa shape index (κ3) is 4.19. The highest BCUT2D eigenvalue weighted by molar-refractivity contribution is 5.75. The third-order valence-electron chi connectivity index (χ3n) is 3.32. The maximum Gasteiger partial charge on any atom is 0.220 e. The molecule has 1 fully saturated rings. The number of rotatable bonds is 6. The maximum atomic E-state index is 11.5. The summed E-state index contributed by atoms with van der Waals surface area (Å²) in [6.45, 7) is 4.64. The molecule has 0 saturated carbocycles. The number of hydrogen-bond acceptors (Lipinski definition) is 4. The molecule has 0 radical (unpaired) electrons. The summed E-state index contributed by atoms with van der Waals surface area (Å²) < 4.78 is 0. The van der Waals surface area contributed by atoms with Crippen molar-refractivity contribution in [3.05, 3.63) is 18.1 Å². The number of unbranched alkanes of at least 4 members (excludes halogenated alkanes) is 1. The Kier molecular flexibility index (Phi) is 5.12. The highest BCUT2D eigenvalue weighted by Crippen LogP contribution is 2.16. The average molecular weight is 262 g/mol. The lowest BCUT2D eigenvalue weighted by Gasteiger charge is -2.16. The highest BCUT2D eigenvalue weighted by atomic mass is 16.1. The van der Waals surface area contributed by atoms with Gasteiger partial charge in [-0.25, -0.2) is 9.97 Å². The molecule has 0 spiro atoms. The van der Waals surface area contributed by atoms with Gasteiger partial charge in [0, 0.05) is 25.7 Å². The van der Waals surface area contributed by atoms with E-state index < -0.39 is 0 Å². The Labute approximate surface area is 114 Å². The molecule has 2 heterocycles. The molecule has 5 nitrogen and oxygen atoms in total. The average Bonchev–Trinajstić information content (AvgIpc) is 2.97. The van der Waals surface area contributed by atoms with Gasteiger partial charge in [0.15, 0.2) is 0 Å². The van der Waals surface area contributed by atoms with Gasteiger partial charge in [-0.05, 0) is 25.3 Å². The minimum absolute atomic E-state index is 0.0806. The van der Waals surface area contributed by atoms with Gasteiger partial charge in [0.05, 0.1) is 6.54 Å². The second kappa shape index (κ2) is 7.07. The summed E-state index contributed by atoms with van der Waals surface area (Å²) in [5.74, 6) is 1.75. The first-order valence-corrected chi connectivity index (χ1v) is 7.13. The van der Waals surface area contributed by atoms with E-state index in [2.05, 4.69) is 27.1 Å². The molecule has 104 valence electrons. The molecule has 1 saturated heterocycles. The van der Waals surface area contributed by atoms with Gasteiger partial charge < -0.3 is 10.2 Å². The van der Waals surface area contributed by atoms with Crippen LogP contribution in [0.15, 0.2) is 12.3 Å². The van der Waals surface area contributed by atoms with Gasteiger partial charge in [-0.2, -0.15) is 0 Å². The number of nitrogens with one attached hydrogen (secondary N) is 1. The number of carbonyl (C=O) groups is 1. The van der Waals surface area contributed by atoms with E-state index in [-0.39, 0.29) is 5.91 Å². The van der Waals surface area contributed by atoms with E-state index in [1.54, 1.807) is 6.20 Å². The minimum atomic E-state index is 0.0806. The van der Waals surface area contributed by atoms with Crippen LogP contribution in [-0.2, 0) is 11.3 Å². The summed E-state index contributed by atoms with van der Waals surface area (Å²) in [7, 11) is 0. The van der Waals surface area contributed by atoms with E-state index in [1.807, 2.05) is 6.07 Å². The summed E-state index contributed by atoms with van der Waals surface area (Å²) in [4.78, 5) is 22.5. The molecule has 0 aliphatic carbocycles. The van der Waals surface area contributed by atoms with E-state index in [4.69, 9.17) is 0 Å². The smallest absolute Gasteiger partial charge is 0.220 e. The Hall–Kier alpha value is -1.65. The first-order valence-electron chi connectivity index (χ1n) is 7.13. The number of hydrogen-bond donors (Lipinski definition) is 1. The maximum absolute atomic E-state index is 11.5. The largest absolute Gasteiger partial charge is 0.357 e. The van der Waals surface area contributed by atoms with Crippen LogP contribution in [0.25, 0.3) is 0 Å². The van der Waals surface area contributed by atoms with Crippen molar-refractivity contribution < 1.29 is 4.79 Å². The Bertz CT molecular complexity index is 416. The number of amides is 1. The zero-order chi connectivity index (χ0) is 13.5. The molecule has 1 aliphatic rings. The van der Waals surface area contributed by atoms with Crippen molar-refractivity contribution in [2.45, 2.75) is 45.6 Å².